The van der Waals surface area contributed by atoms with Gasteiger partial charge in [0.1, 0.15) is 0 Å². The van der Waals surface area contributed by atoms with E-state index in [1.165, 1.54) is 57.4 Å². The molecule has 2 atom stereocenters. The molecule has 2 unspecified atom stereocenters. The molecule has 1 aromatic carbocycles. The smallest absolute Gasteiger partial charge is 0.0401 e. The SMILES string of the molecule is CCC1(CN2c3ccccc3CCC2C)CCCNC1. The first-order valence-corrected chi connectivity index (χ1v) is 8.29. The van der Waals surface area contributed by atoms with Gasteiger partial charge in [-0.25, -0.2) is 0 Å². The van der Waals surface area contributed by atoms with Crippen molar-refractivity contribution in [1.82, 2.24) is 5.32 Å². The summed E-state index contributed by atoms with van der Waals surface area (Å²) < 4.78 is 0. The zero-order valence-corrected chi connectivity index (χ0v) is 13.0. The van der Waals surface area contributed by atoms with Crippen molar-refractivity contribution in [2.75, 3.05) is 24.5 Å². The predicted octanol–water partition coefficient (Wildman–Crippen LogP) is 3.61. The van der Waals surface area contributed by atoms with Gasteiger partial charge in [0.15, 0.2) is 0 Å². The molecule has 2 nitrogen and oxygen atoms in total. The van der Waals surface area contributed by atoms with Crippen molar-refractivity contribution in [3.8, 4) is 0 Å². The van der Waals surface area contributed by atoms with Crippen LogP contribution in [0.5, 0.6) is 0 Å². The molecule has 2 heterocycles. The van der Waals surface area contributed by atoms with Gasteiger partial charge in [-0.2, -0.15) is 0 Å². The van der Waals surface area contributed by atoms with E-state index in [0.717, 1.165) is 0 Å². The van der Waals surface area contributed by atoms with Crippen LogP contribution in [0.2, 0.25) is 0 Å². The molecule has 1 N–H and O–H groups in total. The van der Waals surface area contributed by atoms with Gasteiger partial charge in [-0.3, -0.25) is 0 Å². The van der Waals surface area contributed by atoms with Gasteiger partial charge in [-0.15, -0.1) is 0 Å². The Labute approximate surface area is 123 Å². The lowest BCUT2D eigenvalue weighted by molar-refractivity contribution is 0.199. The molecule has 0 aliphatic carbocycles. The number of rotatable bonds is 3. The molecule has 0 amide bonds. The molecule has 0 saturated carbocycles. The summed E-state index contributed by atoms with van der Waals surface area (Å²) in [6.07, 6.45) is 6.53. The topological polar surface area (TPSA) is 15.3 Å². The average molecular weight is 272 g/mol. The van der Waals surface area contributed by atoms with Gasteiger partial charge in [-0.1, -0.05) is 25.1 Å². The fraction of sp³-hybridized carbons (Fsp3) is 0.667. The Morgan fingerprint density at radius 2 is 2.20 bits per heavy atom. The molecule has 0 bridgehead atoms. The van der Waals surface area contributed by atoms with Crippen molar-refractivity contribution in [2.45, 2.75) is 52.0 Å². The Bertz CT molecular complexity index is 448. The maximum absolute atomic E-state index is 3.63. The number of para-hydroxylation sites is 1. The lowest BCUT2D eigenvalue weighted by Gasteiger charge is -2.46. The highest BCUT2D eigenvalue weighted by molar-refractivity contribution is 5.56. The van der Waals surface area contributed by atoms with Gasteiger partial charge >= 0.3 is 0 Å². The van der Waals surface area contributed by atoms with E-state index in [0.29, 0.717) is 11.5 Å². The van der Waals surface area contributed by atoms with E-state index >= 15 is 0 Å². The first-order chi connectivity index (χ1) is 9.74. The van der Waals surface area contributed by atoms with Crippen LogP contribution in [-0.4, -0.2) is 25.7 Å². The Balaban J connectivity index is 1.85. The largest absolute Gasteiger partial charge is 0.368 e. The number of anilines is 1. The molecular formula is C18H28N2. The molecule has 2 aliphatic rings. The minimum atomic E-state index is 0.469. The van der Waals surface area contributed by atoms with Crippen molar-refractivity contribution >= 4 is 5.69 Å². The number of nitrogens with zero attached hydrogens (tertiary/aromatic N) is 1. The molecule has 2 aliphatic heterocycles. The molecule has 110 valence electrons. The fourth-order valence-corrected chi connectivity index (χ4v) is 3.94. The third-order valence-corrected chi connectivity index (χ3v) is 5.48. The molecule has 1 fully saturated rings. The van der Waals surface area contributed by atoms with Crippen molar-refractivity contribution in [3.05, 3.63) is 29.8 Å². The lowest BCUT2D eigenvalue weighted by atomic mass is 9.77. The van der Waals surface area contributed by atoms with Gasteiger partial charge in [0.05, 0.1) is 0 Å². The third kappa shape index (κ3) is 2.58. The van der Waals surface area contributed by atoms with Crippen molar-refractivity contribution in [3.63, 3.8) is 0 Å². The number of benzene rings is 1. The summed E-state index contributed by atoms with van der Waals surface area (Å²) in [5.74, 6) is 0. The summed E-state index contributed by atoms with van der Waals surface area (Å²) in [6.45, 7) is 8.38. The third-order valence-electron chi connectivity index (χ3n) is 5.48. The van der Waals surface area contributed by atoms with Crippen molar-refractivity contribution in [2.24, 2.45) is 5.41 Å². The number of hydrogen-bond acceptors (Lipinski definition) is 2. The van der Waals surface area contributed by atoms with Gasteiger partial charge in [0.2, 0.25) is 0 Å². The molecule has 2 heteroatoms. The van der Waals surface area contributed by atoms with Crippen molar-refractivity contribution in [1.29, 1.82) is 0 Å². The molecule has 1 saturated heterocycles. The maximum Gasteiger partial charge on any atom is 0.0401 e. The molecule has 20 heavy (non-hydrogen) atoms. The number of hydrogen-bond donors (Lipinski definition) is 1. The molecular weight excluding hydrogens is 244 g/mol. The Kier molecular flexibility index (Phi) is 4.02. The average Bonchev–Trinajstić information content (AvgIpc) is 2.51. The second-order valence-electron chi connectivity index (χ2n) is 6.78. The fourth-order valence-electron chi connectivity index (χ4n) is 3.94. The highest BCUT2D eigenvalue weighted by Gasteiger charge is 2.35. The second kappa shape index (κ2) is 5.77. The van der Waals surface area contributed by atoms with Crippen molar-refractivity contribution < 1.29 is 0 Å². The number of piperidine rings is 1. The van der Waals surface area contributed by atoms with Gasteiger partial charge in [-0.05, 0) is 57.2 Å². The predicted molar refractivity (Wildman–Crippen MR) is 86.4 cm³/mol. The summed E-state index contributed by atoms with van der Waals surface area (Å²) in [5.41, 5.74) is 3.50. The number of fused-ring (bicyclic) bond motifs is 1. The Morgan fingerprint density at radius 3 is 2.95 bits per heavy atom. The molecule has 0 radical (unpaired) electrons. The van der Waals surface area contributed by atoms with E-state index in [9.17, 15) is 0 Å². The second-order valence-corrected chi connectivity index (χ2v) is 6.78. The lowest BCUT2D eigenvalue weighted by Crippen LogP contribution is -2.50. The van der Waals surface area contributed by atoms with Crippen LogP contribution in [0.15, 0.2) is 24.3 Å². The van der Waals surface area contributed by atoms with Crippen LogP contribution >= 0.6 is 0 Å². The highest BCUT2D eigenvalue weighted by atomic mass is 15.2. The van der Waals surface area contributed by atoms with Crippen LogP contribution < -0.4 is 10.2 Å². The summed E-state index contributed by atoms with van der Waals surface area (Å²) in [7, 11) is 0. The highest BCUT2D eigenvalue weighted by Crippen LogP contribution is 2.37. The van der Waals surface area contributed by atoms with Crippen LogP contribution in [0.3, 0.4) is 0 Å². The summed E-state index contributed by atoms with van der Waals surface area (Å²) in [6, 6.07) is 9.69. The normalized spacial score (nSPS) is 30.1. The first kappa shape index (κ1) is 13.9. The van der Waals surface area contributed by atoms with Crippen LogP contribution in [0, 0.1) is 5.41 Å². The molecule has 0 spiro atoms. The first-order valence-electron chi connectivity index (χ1n) is 8.29. The van der Waals surface area contributed by atoms with E-state index in [1.807, 2.05) is 0 Å². The standard InChI is InChI=1S/C18H28N2/c1-3-18(11-6-12-19-13-18)14-20-15(2)9-10-16-7-4-5-8-17(16)20/h4-5,7-8,15,19H,3,6,9-14H2,1-2H3. The minimum absolute atomic E-state index is 0.469. The minimum Gasteiger partial charge on any atom is -0.368 e. The molecule has 3 rings (SSSR count). The number of aryl methyl sites for hydroxylation is 1. The van der Waals surface area contributed by atoms with Gasteiger partial charge < -0.3 is 10.2 Å². The number of nitrogens with one attached hydrogen (secondary N) is 1. The van der Waals surface area contributed by atoms with Crippen LogP contribution in [0.1, 0.15) is 45.1 Å². The van der Waals surface area contributed by atoms with E-state index in [2.05, 4.69) is 48.3 Å². The monoisotopic (exact) mass is 272 g/mol. The summed E-state index contributed by atoms with van der Waals surface area (Å²) >= 11 is 0. The Morgan fingerprint density at radius 1 is 1.35 bits per heavy atom. The maximum atomic E-state index is 3.63. The van der Waals surface area contributed by atoms with Crippen LogP contribution in [0.25, 0.3) is 0 Å². The zero-order chi connectivity index (χ0) is 14.0. The van der Waals surface area contributed by atoms with E-state index in [4.69, 9.17) is 0 Å². The summed E-state index contributed by atoms with van der Waals surface area (Å²) in [5, 5.41) is 3.63. The van der Waals surface area contributed by atoms with Crippen LogP contribution in [-0.2, 0) is 6.42 Å². The van der Waals surface area contributed by atoms with E-state index in [1.54, 1.807) is 5.56 Å². The van der Waals surface area contributed by atoms with E-state index < -0.39 is 0 Å². The van der Waals surface area contributed by atoms with Crippen LogP contribution in [0.4, 0.5) is 5.69 Å². The van der Waals surface area contributed by atoms with Gasteiger partial charge in [0.25, 0.3) is 0 Å². The quantitative estimate of drug-likeness (QED) is 0.904. The van der Waals surface area contributed by atoms with Gasteiger partial charge in [0, 0.05) is 30.2 Å². The Hall–Kier alpha value is -1.02. The zero-order valence-electron chi connectivity index (χ0n) is 13.0. The summed E-state index contributed by atoms with van der Waals surface area (Å²) in [4.78, 5) is 2.69. The van der Waals surface area contributed by atoms with E-state index in [-0.39, 0.29) is 0 Å². The molecule has 1 aromatic rings. The molecule has 0 aromatic heterocycles.